The Morgan fingerprint density at radius 3 is 2.61 bits per heavy atom. The van der Waals surface area contributed by atoms with Gasteiger partial charge in [-0.1, -0.05) is 56.0 Å². The molecule has 2 aromatic rings. The van der Waals surface area contributed by atoms with Gasteiger partial charge in [0.25, 0.3) is 5.91 Å². The van der Waals surface area contributed by atoms with Gasteiger partial charge in [-0.3, -0.25) is 14.6 Å². The van der Waals surface area contributed by atoms with Crippen molar-refractivity contribution in [3.05, 3.63) is 54.5 Å². The maximum Gasteiger partial charge on any atom is 0.300 e. The number of carbonyl (C=O) groups is 2. The number of nitrogens with zero attached hydrogens (tertiary/aromatic N) is 3. The first kappa shape index (κ1) is 23.3. The molecule has 2 heterocycles. The number of anilines is 1. The highest BCUT2D eigenvalue weighted by Crippen LogP contribution is 2.40. The van der Waals surface area contributed by atoms with E-state index in [9.17, 15) is 14.7 Å². The maximum atomic E-state index is 14.1. The van der Waals surface area contributed by atoms with Crippen molar-refractivity contribution in [2.75, 3.05) is 32.0 Å². The third kappa shape index (κ3) is 5.39. The van der Waals surface area contributed by atoms with Gasteiger partial charge in [0, 0.05) is 24.4 Å². The van der Waals surface area contributed by atoms with Crippen LogP contribution in [0.25, 0.3) is 0 Å². The topological polar surface area (TPSA) is 104 Å². The quantitative estimate of drug-likeness (QED) is 0.509. The molecule has 8 nitrogen and oxygen atoms in total. The van der Waals surface area contributed by atoms with Gasteiger partial charge in [0.2, 0.25) is 0 Å². The Morgan fingerprint density at radius 2 is 1.91 bits per heavy atom. The molecular weight excluding hydrogens is 420 g/mol. The zero-order chi connectivity index (χ0) is 23.3. The molecule has 1 saturated heterocycles. The summed E-state index contributed by atoms with van der Waals surface area (Å²) in [5.74, 6) is -0.694. The molecule has 176 valence electrons. The van der Waals surface area contributed by atoms with Crippen LogP contribution in [0.2, 0.25) is 0 Å². The van der Waals surface area contributed by atoms with Gasteiger partial charge >= 0.3 is 5.97 Å². The second-order valence-corrected chi connectivity index (χ2v) is 9.58. The molecule has 1 N–H and O–H groups in total. The van der Waals surface area contributed by atoms with Crippen molar-refractivity contribution in [1.29, 1.82) is 0 Å². The van der Waals surface area contributed by atoms with Crippen LogP contribution < -0.4 is 10.4 Å². The number of carbonyl (C=O) groups excluding carboxylic acids is 2. The molecule has 2 unspecified atom stereocenters. The van der Waals surface area contributed by atoms with E-state index >= 15 is 0 Å². The summed E-state index contributed by atoms with van der Waals surface area (Å²) in [6, 6.07) is 8.93. The smallest absolute Gasteiger partial charge is 0.300 e. The summed E-state index contributed by atoms with van der Waals surface area (Å²) in [6.07, 6.45) is 9.11. The van der Waals surface area contributed by atoms with Crippen molar-refractivity contribution < 1.29 is 23.9 Å². The van der Waals surface area contributed by atoms with E-state index in [-0.39, 0.29) is 24.5 Å². The first-order valence-electron chi connectivity index (χ1n) is 11.8. The average Bonchev–Trinajstić information content (AvgIpc) is 3.35. The number of rotatable bonds is 7. The molecule has 1 aromatic heterocycles. The normalized spacial score (nSPS) is 25.2. The van der Waals surface area contributed by atoms with Crippen molar-refractivity contribution in [2.45, 2.75) is 50.2 Å². The van der Waals surface area contributed by atoms with E-state index in [1.54, 1.807) is 30.5 Å². The first-order chi connectivity index (χ1) is 15.9. The molecule has 0 bridgehead atoms. The van der Waals surface area contributed by atoms with Crippen LogP contribution >= 0.6 is 0 Å². The van der Waals surface area contributed by atoms with Crippen molar-refractivity contribution in [2.24, 2.45) is 5.92 Å². The van der Waals surface area contributed by atoms with Gasteiger partial charge in [0.05, 0.1) is 19.8 Å². The van der Waals surface area contributed by atoms with E-state index in [1.165, 1.54) is 12.4 Å². The molecule has 2 fully saturated rings. The van der Waals surface area contributed by atoms with Crippen molar-refractivity contribution in [3.63, 3.8) is 0 Å². The number of benzene rings is 1. The van der Waals surface area contributed by atoms with Crippen LogP contribution in [0, 0.1) is 5.92 Å². The summed E-state index contributed by atoms with van der Waals surface area (Å²) in [5, 5.41) is 16.8. The Kier molecular flexibility index (Phi) is 7.05. The fourth-order valence-corrected chi connectivity index (χ4v) is 5.28. The number of amides is 1. The number of hydrogen-bond donors (Lipinski definition) is 1. The second kappa shape index (κ2) is 9.97. The van der Waals surface area contributed by atoms with E-state index < -0.39 is 11.6 Å². The third-order valence-electron chi connectivity index (χ3n) is 6.93. The summed E-state index contributed by atoms with van der Waals surface area (Å²) in [5.41, 5.74) is -1.40. The summed E-state index contributed by atoms with van der Waals surface area (Å²) in [6.45, 7) is 1.52. The highest BCUT2D eigenvalue weighted by Gasteiger charge is 2.42. The Hall–Kier alpha value is -2.84. The van der Waals surface area contributed by atoms with Crippen LogP contribution in [0.3, 0.4) is 0 Å². The molecule has 1 amide bonds. The van der Waals surface area contributed by atoms with Crippen molar-refractivity contribution in [3.8, 4) is 0 Å². The van der Waals surface area contributed by atoms with Crippen LogP contribution in [0.4, 0.5) is 5.82 Å². The Bertz CT molecular complexity index is 951. The Labute approximate surface area is 194 Å². The van der Waals surface area contributed by atoms with Gasteiger partial charge in [-0.15, -0.1) is 0 Å². The van der Waals surface area contributed by atoms with Gasteiger partial charge in [-0.25, -0.2) is 4.98 Å². The number of ether oxygens (including phenoxy) is 1. The summed E-state index contributed by atoms with van der Waals surface area (Å²) < 4.78 is 6.33. The number of quaternary nitrogens is 1. The number of esters is 1. The maximum absolute atomic E-state index is 14.1. The zero-order valence-corrected chi connectivity index (χ0v) is 19.1. The van der Waals surface area contributed by atoms with Gasteiger partial charge in [0.15, 0.2) is 18.5 Å². The number of piperidine rings is 1. The number of nitrogens with one attached hydrogen (secondary N) is 1. The SMILES string of the molecule is C[N@@+]1(CC(=O)Nc2cnccn2)CCCC(OC(=O)C([O-])(c2ccccc2)C2CCCC2)C1. The average molecular weight is 453 g/mol. The predicted octanol–water partition coefficient (Wildman–Crippen LogP) is 2.01. The number of likely N-dealkylation sites (N-methyl/N-ethyl adjacent to an activating group) is 1. The zero-order valence-electron chi connectivity index (χ0n) is 19.1. The van der Waals surface area contributed by atoms with E-state index in [1.807, 2.05) is 13.1 Å². The fourth-order valence-electron chi connectivity index (χ4n) is 5.28. The lowest BCUT2D eigenvalue weighted by atomic mass is 9.80. The van der Waals surface area contributed by atoms with E-state index in [0.717, 1.165) is 38.6 Å². The predicted molar refractivity (Wildman–Crippen MR) is 121 cm³/mol. The second-order valence-electron chi connectivity index (χ2n) is 9.58. The number of hydrogen-bond acceptors (Lipinski definition) is 6. The Morgan fingerprint density at radius 1 is 1.15 bits per heavy atom. The number of likely N-dealkylation sites (tertiary alicyclic amines) is 1. The number of aromatic nitrogens is 2. The van der Waals surface area contributed by atoms with Crippen LogP contribution in [0.1, 0.15) is 44.1 Å². The lowest BCUT2D eigenvalue weighted by molar-refractivity contribution is -0.909. The molecule has 1 aliphatic heterocycles. The van der Waals surface area contributed by atoms with E-state index in [0.29, 0.717) is 28.8 Å². The Balaban J connectivity index is 1.43. The van der Waals surface area contributed by atoms with Crippen LogP contribution in [-0.4, -0.2) is 59.1 Å². The highest BCUT2D eigenvalue weighted by molar-refractivity contribution is 5.90. The molecule has 0 radical (unpaired) electrons. The lowest BCUT2D eigenvalue weighted by Gasteiger charge is -2.46. The minimum Gasteiger partial charge on any atom is -0.837 e. The molecule has 2 aliphatic rings. The van der Waals surface area contributed by atoms with Crippen LogP contribution in [0.15, 0.2) is 48.9 Å². The van der Waals surface area contributed by atoms with Crippen molar-refractivity contribution in [1.82, 2.24) is 9.97 Å². The minimum absolute atomic E-state index is 0.168. The lowest BCUT2D eigenvalue weighted by Crippen LogP contribution is -2.59. The minimum atomic E-state index is -1.89. The molecule has 1 aromatic carbocycles. The van der Waals surface area contributed by atoms with E-state index in [4.69, 9.17) is 4.74 Å². The third-order valence-corrected chi connectivity index (χ3v) is 6.93. The molecule has 8 heteroatoms. The highest BCUT2D eigenvalue weighted by atomic mass is 16.6. The molecule has 0 spiro atoms. The summed E-state index contributed by atoms with van der Waals surface area (Å²) in [4.78, 5) is 34.0. The van der Waals surface area contributed by atoms with E-state index in [2.05, 4.69) is 15.3 Å². The standard InChI is InChI=1S/C25H32N4O4/c1-29(18-23(30)28-22-16-26-13-14-27-22)15-7-12-21(17-29)33-24(31)25(32,20-10-5-6-11-20)19-8-3-2-4-9-19/h2-4,8-9,13-14,16,20-21H,5-7,10-12,15,17-18H2,1H3,(H,27,28,30)/t21?,25?,29-/m1/s1. The molecule has 1 aliphatic carbocycles. The molecular formula is C25H32N4O4. The summed E-state index contributed by atoms with van der Waals surface area (Å²) in [7, 11) is 1.98. The van der Waals surface area contributed by atoms with Gasteiger partial charge in [-0.05, 0) is 17.9 Å². The monoisotopic (exact) mass is 452 g/mol. The fraction of sp³-hybridized carbons (Fsp3) is 0.520. The molecule has 3 atom stereocenters. The summed E-state index contributed by atoms with van der Waals surface area (Å²) >= 11 is 0. The van der Waals surface area contributed by atoms with Crippen LogP contribution in [0.5, 0.6) is 0 Å². The molecule has 4 rings (SSSR count). The van der Waals surface area contributed by atoms with Gasteiger partial charge < -0.3 is 19.6 Å². The van der Waals surface area contributed by atoms with Crippen LogP contribution in [-0.2, 0) is 19.9 Å². The van der Waals surface area contributed by atoms with Gasteiger partial charge in [-0.2, -0.15) is 0 Å². The first-order valence-corrected chi connectivity index (χ1v) is 11.8. The largest absolute Gasteiger partial charge is 0.837 e. The molecule has 33 heavy (non-hydrogen) atoms. The van der Waals surface area contributed by atoms with Gasteiger partial charge in [0.1, 0.15) is 6.54 Å². The van der Waals surface area contributed by atoms with Crippen molar-refractivity contribution >= 4 is 17.7 Å². The molecule has 1 saturated carbocycles.